The Morgan fingerprint density at radius 2 is 0.938 bits per heavy atom. The third-order valence-corrected chi connectivity index (χ3v) is 7.31. The molecule has 0 bridgehead atoms. The number of benzene rings is 3. The van der Waals surface area contributed by atoms with E-state index in [0.29, 0.717) is 0 Å². The van der Waals surface area contributed by atoms with Crippen molar-refractivity contribution in [2.75, 3.05) is 0 Å². The molecule has 1 heteroatoms. The maximum absolute atomic E-state index is 2.44. The Bertz CT molecular complexity index is 1050. The third-order valence-electron chi connectivity index (χ3n) is 7.31. The fourth-order valence-corrected chi connectivity index (χ4v) is 6.15. The standard InChI is InChI=1S/C31H41B/c1-11-12-13-28-21(4)18-26(9)31(27(28)10)32(29-22(5)14-19(2)15-23(29)6)30-24(7)16-20(3)17-25(30)8/h14-18H,11-13H2,1-10H3. The van der Waals surface area contributed by atoms with E-state index in [1.165, 1.54) is 85.7 Å². The van der Waals surface area contributed by atoms with Gasteiger partial charge in [0.25, 0.3) is 0 Å². The molecule has 0 unspecified atom stereocenters. The van der Waals surface area contributed by atoms with Crippen LogP contribution in [-0.4, -0.2) is 6.71 Å². The van der Waals surface area contributed by atoms with Crippen molar-refractivity contribution in [3.63, 3.8) is 0 Å². The summed E-state index contributed by atoms with van der Waals surface area (Å²) in [5.74, 6) is 0. The van der Waals surface area contributed by atoms with Crippen LogP contribution in [0.25, 0.3) is 0 Å². The lowest BCUT2D eigenvalue weighted by Crippen LogP contribution is -2.57. The highest BCUT2D eigenvalue weighted by Crippen LogP contribution is 2.21. The maximum atomic E-state index is 2.44. The van der Waals surface area contributed by atoms with E-state index >= 15 is 0 Å². The summed E-state index contributed by atoms with van der Waals surface area (Å²) in [5.41, 5.74) is 18.7. The van der Waals surface area contributed by atoms with Crippen molar-refractivity contribution in [2.24, 2.45) is 0 Å². The lowest BCUT2D eigenvalue weighted by molar-refractivity contribution is 0.787. The number of aryl methyl sites for hydroxylation is 8. The zero-order valence-corrected chi connectivity index (χ0v) is 22.1. The number of hydrogen-bond donors (Lipinski definition) is 0. The number of unbranched alkanes of at least 4 members (excludes halogenated alkanes) is 1. The molecule has 0 heterocycles. The minimum absolute atomic E-state index is 0.261. The highest BCUT2D eigenvalue weighted by Gasteiger charge is 2.31. The number of hydrogen-bond acceptors (Lipinski definition) is 0. The molecule has 0 N–H and O–H groups in total. The van der Waals surface area contributed by atoms with Crippen LogP contribution in [0.3, 0.4) is 0 Å². The van der Waals surface area contributed by atoms with Gasteiger partial charge in [0.2, 0.25) is 6.71 Å². The van der Waals surface area contributed by atoms with Gasteiger partial charge in [-0.3, -0.25) is 0 Å². The topological polar surface area (TPSA) is 0 Å². The fraction of sp³-hybridized carbons (Fsp3) is 0.419. The van der Waals surface area contributed by atoms with Gasteiger partial charge in [-0.1, -0.05) is 105 Å². The normalized spacial score (nSPS) is 11.2. The molecule has 168 valence electrons. The zero-order chi connectivity index (χ0) is 23.7. The molecule has 0 saturated heterocycles. The molecule has 0 aliphatic rings. The Morgan fingerprint density at radius 3 is 1.34 bits per heavy atom. The average molecular weight is 424 g/mol. The highest BCUT2D eigenvalue weighted by atomic mass is 14.2. The first kappa shape index (κ1) is 24.4. The van der Waals surface area contributed by atoms with E-state index in [0.717, 1.165) is 0 Å². The van der Waals surface area contributed by atoms with Gasteiger partial charge < -0.3 is 0 Å². The molecule has 0 atom stereocenters. The van der Waals surface area contributed by atoms with Crippen molar-refractivity contribution in [1.29, 1.82) is 0 Å². The Hall–Kier alpha value is -2.28. The van der Waals surface area contributed by atoms with Gasteiger partial charge >= 0.3 is 0 Å². The van der Waals surface area contributed by atoms with E-state index in [1.807, 2.05) is 0 Å². The largest absolute Gasteiger partial charge is 0.243 e. The molecule has 0 amide bonds. The Labute approximate surface area is 197 Å². The fourth-order valence-electron chi connectivity index (χ4n) is 6.15. The second-order valence-electron chi connectivity index (χ2n) is 10.2. The van der Waals surface area contributed by atoms with Gasteiger partial charge in [-0.25, -0.2) is 0 Å². The second-order valence-corrected chi connectivity index (χ2v) is 10.2. The molecule has 0 saturated carbocycles. The molecule has 3 rings (SSSR count). The van der Waals surface area contributed by atoms with E-state index in [4.69, 9.17) is 0 Å². The van der Waals surface area contributed by atoms with Crippen molar-refractivity contribution in [2.45, 2.75) is 88.5 Å². The molecule has 0 radical (unpaired) electrons. The van der Waals surface area contributed by atoms with Crippen LogP contribution < -0.4 is 16.4 Å². The summed E-state index contributed by atoms with van der Waals surface area (Å²) in [6.07, 6.45) is 3.66. The van der Waals surface area contributed by atoms with Gasteiger partial charge in [0.1, 0.15) is 0 Å². The quantitative estimate of drug-likeness (QED) is 0.406. The smallest absolute Gasteiger partial charge is 0.0654 e. The Morgan fingerprint density at radius 1 is 0.531 bits per heavy atom. The van der Waals surface area contributed by atoms with E-state index in [9.17, 15) is 0 Å². The summed E-state index contributed by atoms with van der Waals surface area (Å²) in [7, 11) is 0. The van der Waals surface area contributed by atoms with Crippen molar-refractivity contribution in [3.8, 4) is 0 Å². The van der Waals surface area contributed by atoms with Gasteiger partial charge in [0.15, 0.2) is 0 Å². The summed E-state index contributed by atoms with van der Waals surface area (Å²) < 4.78 is 0. The number of rotatable bonds is 6. The molecule has 3 aromatic rings. The molecule has 0 fully saturated rings. The van der Waals surface area contributed by atoms with Crippen LogP contribution in [0.15, 0.2) is 30.3 Å². The van der Waals surface area contributed by atoms with Crippen LogP contribution in [0.1, 0.15) is 75.4 Å². The summed E-state index contributed by atoms with van der Waals surface area (Å²) in [6, 6.07) is 11.9. The maximum Gasteiger partial charge on any atom is 0.243 e. The van der Waals surface area contributed by atoms with Crippen molar-refractivity contribution in [1.82, 2.24) is 0 Å². The van der Waals surface area contributed by atoms with Crippen molar-refractivity contribution >= 4 is 23.1 Å². The lowest BCUT2D eigenvalue weighted by atomic mass is 9.32. The molecule has 0 nitrogen and oxygen atoms in total. The van der Waals surface area contributed by atoms with E-state index in [1.54, 1.807) is 5.56 Å². The molecule has 0 spiro atoms. The second kappa shape index (κ2) is 9.69. The summed E-state index contributed by atoms with van der Waals surface area (Å²) in [5, 5.41) is 0. The first-order chi connectivity index (χ1) is 15.1. The van der Waals surface area contributed by atoms with Crippen LogP contribution >= 0.6 is 0 Å². The molecule has 0 aromatic heterocycles. The Kier molecular flexibility index (Phi) is 7.38. The minimum atomic E-state index is 0.261. The molecular weight excluding hydrogens is 383 g/mol. The third kappa shape index (κ3) is 4.58. The van der Waals surface area contributed by atoms with Crippen LogP contribution in [0, 0.1) is 62.3 Å². The van der Waals surface area contributed by atoms with E-state index in [-0.39, 0.29) is 6.71 Å². The highest BCUT2D eigenvalue weighted by molar-refractivity contribution is 6.97. The van der Waals surface area contributed by atoms with Crippen LogP contribution in [-0.2, 0) is 6.42 Å². The predicted octanol–water partition coefficient (Wildman–Crippen LogP) is 6.32. The zero-order valence-electron chi connectivity index (χ0n) is 22.1. The molecular formula is C31H41B. The summed E-state index contributed by atoms with van der Waals surface area (Å²) in [4.78, 5) is 0. The average Bonchev–Trinajstić information content (AvgIpc) is 2.65. The van der Waals surface area contributed by atoms with Crippen molar-refractivity contribution in [3.05, 3.63) is 86.0 Å². The lowest BCUT2D eigenvalue weighted by Gasteiger charge is -2.28. The van der Waals surface area contributed by atoms with E-state index < -0.39 is 0 Å². The van der Waals surface area contributed by atoms with Gasteiger partial charge in [-0.05, 0) is 86.3 Å². The minimum Gasteiger partial charge on any atom is -0.0654 e. The van der Waals surface area contributed by atoms with Crippen molar-refractivity contribution < 1.29 is 0 Å². The predicted molar refractivity (Wildman–Crippen MR) is 145 cm³/mol. The Balaban J connectivity index is 2.44. The van der Waals surface area contributed by atoms with Gasteiger partial charge in [-0.2, -0.15) is 0 Å². The SMILES string of the molecule is CCCCc1c(C)cc(C)c(B(c2c(C)cc(C)cc2C)c2c(C)cc(C)cc2C)c1C. The monoisotopic (exact) mass is 424 g/mol. The van der Waals surface area contributed by atoms with Gasteiger partial charge in [-0.15, -0.1) is 0 Å². The molecule has 0 aliphatic heterocycles. The van der Waals surface area contributed by atoms with Crippen LogP contribution in [0.2, 0.25) is 0 Å². The molecule has 0 aliphatic carbocycles. The molecule has 32 heavy (non-hydrogen) atoms. The first-order valence-corrected chi connectivity index (χ1v) is 12.3. The van der Waals surface area contributed by atoms with Crippen LogP contribution in [0.4, 0.5) is 0 Å². The van der Waals surface area contributed by atoms with Crippen LogP contribution in [0.5, 0.6) is 0 Å². The van der Waals surface area contributed by atoms with Gasteiger partial charge in [0, 0.05) is 0 Å². The molecule has 3 aromatic carbocycles. The first-order valence-electron chi connectivity index (χ1n) is 12.3. The summed E-state index contributed by atoms with van der Waals surface area (Å²) in [6.45, 7) is 23.2. The summed E-state index contributed by atoms with van der Waals surface area (Å²) >= 11 is 0. The van der Waals surface area contributed by atoms with E-state index in [2.05, 4.69) is 99.6 Å². The van der Waals surface area contributed by atoms with Gasteiger partial charge in [0.05, 0.1) is 0 Å².